The molecule has 3 rings (SSSR count). The Kier molecular flexibility index (Phi) is 2.92. The molecule has 8 nitrogen and oxygen atoms in total. The summed E-state index contributed by atoms with van der Waals surface area (Å²) in [6, 6.07) is 2.32. The van der Waals surface area contributed by atoms with E-state index in [-0.39, 0.29) is 34.7 Å². The summed E-state index contributed by atoms with van der Waals surface area (Å²) < 4.78 is 1.32. The predicted octanol–water partition coefficient (Wildman–Crippen LogP) is -1.44. The zero-order chi connectivity index (χ0) is 16.2. The van der Waals surface area contributed by atoms with Crippen LogP contribution in [-0.4, -0.2) is 26.8 Å². The van der Waals surface area contributed by atoms with E-state index in [9.17, 15) is 24.0 Å². The van der Waals surface area contributed by atoms with Gasteiger partial charge in [0.05, 0.1) is 34.7 Å². The van der Waals surface area contributed by atoms with Crippen LogP contribution in [0.3, 0.4) is 0 Å². The van der Waals surface area contributed by atoms with Crippen LogP contribution >= 0.6 is 0 Å². The molecule has 8 heteroatoms. The summed E-state index contributed by atoms with van der Waals surface area (Å²) >= 11 is 0. The third-order valence-electron chi connectivity index (χ3n) is 3.61. The number of carbonyl (C=O) groups excluding carboxylic acids is 1. The second-order valence-electron chi connectivity index (χ2n) is 4.89. The fraction of sp³-hybridized carbons (Fsp3) is 0.214. The van der Waals surface area contributed by atoms with Crippen LogP contribution in [0.25, 0.3) is 21.5 Å². The largest absolute Gasteiger partial charge is 0.395 e. The van der Waals surface area contributed by atoms with Crippen molar-refractivity contribution in [3.63, 3.8) is 0 Å². The molecule has 1 N–H and O–H groups in total. The van der Waals surface area contributed by atoms with Gasteiger partial charge in [-0.05, 0) is 12.1 Å². The molecule has 0 amide bonds. The topological polar surface area (TPSA) is 115 Å². The number of fused-ring (bicyclic) bond motifs is 2. The summed E-state index contributed by atoms with van der Waals surface area (Å²) in [5.74, 6) is -0.731. The van der Waals surface area contributed by atoms with Crippen molar-refractivity contribution < 1.29 is 9.90 Å². The Morgan fingerprint density at radius 3 is 1.68 bits per heavy atom. The summed E-state index contributed by atoms with van der Waals surface area (Å²) in [4.78, 5) is 59.8. The highest BCUT2D eigenvalue weighted by Crippen LogP contribution is 2.14. The van der Waals surface area contributed by atoms with E-state index in [2.05, 4.69) is 0 Å². The minimum atomic E-state index is -0.809. The molecule has 0 atom stereocenters. The van der Waals surface area contributed by atoms with E-state index in [0.717, 1.165) is 23.6 Å². The highest BCUT2D eigenvalue weighted by atomic mass is 16.3. The summed E-state index contributed by atoms with van der Waals surface area (Å²) in [7, 11) is 0. The van der Waals surface area contributed by atoms with E-state index >= 15 is 0 Å². The molecular weight excluding hydrogens is 292 g/mol. The fourth-order valence-electron chi connectivity index (χ4n) is 2.61. The molecule has 0 unspecified atom stereocenters. The number of benzene rings is 1. The molecule has 2 aromatic heterocycles. The van der Waals surface area contributed by atoms with Crippen LogP contribution in [0.1, 0.15) is 11.7 Å². The maximum absolute atomic E-state index is 12.1. The third kappa shape index (κ3) is 1.64. The SMILES string of the molecule is CC(=O)n1c(=O)c2cc3c(=O)n(CCO)c(=O)c3cc2c1=O. The van der Waals surface area contributed by atoms with Crippen LogP contribution in [-0.2, 0) is 6.54 Å². The van der Waals surface area contributed by atoms with Crippen molar-refractivity contribution in [2.24, 2.45) is 0 Å². The van der Waals surface area contributed by atoms with Crippen molar-refractivity contribution in [2.75, 3.05) is 6.61 Å². The van der Waals surface area contributed by atoms with Crippen LogP contribution in [0, 0.1) is 0 Å². The first kappa shape index (κ1) is 14.1. The quantitative estimate of drug-likeness (QED) is 0.620. The van der Waals surface area contributed by atoms with Gasteiger partial charge in [0.15, 0.2) is 0 Å². The second-order valence-corrected chi connectivity index (χ2v) is 4.89. The molecule has 0 saturated carbocycles. The van der Waals surface area contributed by atoms with Crippen molar-refractivity contribution in [1.82, 2.24) is 9.13 Å². The van der Waals surface area contributed by atoms with E-state index in [1.54, 1.807) is 0 Å². The van der Waals surface area contributed by atoms with Gasteiger partial charge in [0, 0.05) is 6.92 Å². The number of nitrogens with zero attached hydrogens (tertiary/aromatic N) is 2. The fourth-order valence-corrected chi connectivity index (χ4v) is 2.61. The lowest BCUT2D eigenvalue weighted by molar-refractivity contribution is 0.0930. The van der Waals surface area contributed by atoms with Crippen molar-refractivity contribution >= 4 is 27.5 Å². The normalized spacial score (nSPS) is 11.5. The highest BCUT2D eigenvalue weighted by Gasteiger charge is 2.20. The number of hydrogen-bond donors (Lipinski definition) is 1. The van der Waals surface area contributed by atoms with Gasteiger partial charge in [-0.25, -0.2) is 4.57 Å². The van der Waals surface area contributed by atoms with Crippen LogP contribution < -0.4 is 22.2 Å². The Balaban J connectivity index is 2.55. The van der Waals surface area contributed by atoms with Gasteiger partial charge in [-0.3, -0.25) is 28.5 Å². The molecule has 3 aromatic rings. The number of hydrogen-bond acceptors (Lipinski definition) is 6. The molecule has 1 aromatic carbocycles. The number of aliphatic hydroxyl groups excluding tert-OH is 1. The smallest absolute Gasteiger partial charge is 0.268 e. The van der Waals surface area contributed by atoms with Gasteiger partial charge in [-0.1, -0.05) is 0 Å². The average molecular weight is 302 g/mol. The maximum atomic E-state index is 12.1. The monoisotopic (exact) mass is 302 g/mol. The van der Waals surface area contributed by atoms with E-state index in [1.807, 2.05) is 0 Å². The lowest BCUT2D eigenvalue weighted by atomic mass is 10.1. The van der Waals surface area contributed by atoms with Crippen molar-refractivity contribution in [3.05, 3.63) is 53.5 Å². The molecule has 0 aliphatic rings. The third-order valence-corrected chi connectivity index (χ3v) is 3.61. The van der Waals surface area contributed by atoms with Gasteiger partial charge in [0.2, 0.25) is 5.91 Å². The Morgan fingerprint density at radius 1 is 0.909 bits per heavy atom. The van der Waals surface area contributed by atoms with Gasteiger partial charge in [0.1, 0.15) is 0 Å². The average Bonchev–Trinajstić information content (AvgIpc) is 2.85. The number of aromatic nitrogens is 2. The van der Waals surface area contributed by atoms with Gasteiger partial charge in [-0.15, -0.1) is 0 Å². The molecule has 2 heterocycles. The van der Waals surface area contributed by atoms with E-state index < -0.39 is 28.1 Å². The summed E-state index contributed by atoms with van der Waals surface area (Å²) in [6.45, 7) is 0.522. The molecule has 22 heavy (non-hydrogen) atoms. The number of carbonyl (C=O) groups is 1. The minimum absolute atomic E-state index is 0.0104. The number of aliphatic hydroxyl groups is 1. The highest BCUT2D eigenvalue weighted by molar-refractivity contribution is 5.99. The Morgan fingerprint density at radius 2 is 1.32 bits per heavy atom. The van der Waals surface area contributed by atoms with Crippen molar-refractivity contribution in [2.45, 2.75) is 13.5 Å². The first-order valence-corrected chi connectivity index (χ1v) is 6.43. The summed E-state index contributed by atoms with van der Waals surface area (Å²) in [5.41, 5.74) is -2.90. The van der Waals surface area contributed by atoms with E-state index in [0.29, 0.717) is 4.57 Å². The molecular formula is C14H10N2O6. The van der Waals surface area contributed by atoms with E-state index in [1.165, 1.54) is 0 Å². The maximum Gasteiger partial charge on any atom is 0.268 e. The standard InChI is InChI=1S/C14H10N2O6/c1-6(18)16-13(21)9-4-7-8(5-10(9)14(16)22)12(20)15(2-3-17)11(7)19/h4-5,17H,2-3H2,1H3. The van der Waals surface area contributed by atoms with Crippen LogP contribution in [0.15, 0.2) is 31.3 Å². The zero-order valence-electron chi connectivity index (χ0n) is 11.5. The Hall–Kier alpha value is -2.87. The molecule has 0 spiro atoms. The van der Waals surface area contributed by atoms with Crippen LogP contribution in [0.4, 0.5) is 0 Å². The van der Waals surface area contributed by atoms with Gasteiger partial charge < -0.3 is 5.11 Å². The minimum Gasteiger partial charge on any atom is -0.395 e. The predicted molar refractivity (Wildman–Crippen MR) is 78.3 cm³/mol. The zero-order valence-corrected chi connectivity index (χ0v) is 11.5. The van der Waals surface area contributed by atoms with Crippen molar-refractivity contribution in [3.8, 4) is 0 Å². The first-order valence-electron chi connectivity index (χ1n) is 6.43. The van der Waals surface area contributed by atoms with Crippen LogP contribution in [0.5, 0.6) is 0 Å². The molecule has 0 aliphatic carbocycles. The van der Waals surface area contributed by atoms with Gasteiger partial charge >= 0.3 is 0 Å². The lowest BCUT2D eigenvalue weighted by Crippen LogP contribution is -2.30. The summed E-state index contributed by atoms with van der Waals surface area (Å²) in [6.07, 6.45) is 0. The molecule has 0 bridgehead atoms. The van der Waals surface area contributed by atoms with Crippen LogP contribution in [0.2, 0.25) is 0 Å². The molecule has 112 valence electrons. The molecule has 0 saturated heterocycles. The Labute approximate surface area is 121 Å². The van der Waals surface area contributed by atoms with Gasteiger partial charge in [0.25, 0.3) is 22.2 Å². The number of rotatable bonds is 2. The Bertz CT molecular complexity index is 1060. The molecule has 0 fully saturated rings. The molecule has 0 aliphatic heterocycles. The van der Waals surface area contributed by atoms with Crippen molar-refractivity contribution in [1.29, 1.82) is 0 Å². The second kappa shape index (κ2) is 4.57. The summed E-state index contributed by atoms with van der Waals surface area (Å²) in [5, 5.41) is 8.71. The van der Waals surface area contributed by atoms with E-state index in [4.69, 9.17) is 5.11 Å². The first-order chi connectivity index (χ1) is 10.4. The van der Waals surface area contributed by atoms with Gasteiger partial charge in [-0.2, -0.15) is 0 Å². The lowest BCUT2D eigenvalue weighted by Gasteiger charge is -1.92. The molecule has 0 radical (unpaired) electrons.